The van der Waals surface area contributed by atoms with Crippen molar-refractivity contribution in [1.29, 1.82) is 0 Å². The van der Waals surface area contributed by atoms with E-state index in [1.54, 1.807) is 0 Å². The van der Waals surface area contributed by atoms with Crippen LogP contribution in [0.1, 0.15) is 33.1 Å². The van der Waals surface area contributed by atoms with Crippen LogP contribution in [0.25, 0.3) is 0 Å². The third-order valence-corrected chi connectivity index (χ3v) is 3.93. The van der Waals surface area contributed by atoms with Gasteiger partial charge in [-0.05, 0) is 39.0 Å². The summed E-state index contributed by atoms with van der Waals surface area (Å²) in [6, 6.07) is -0.101. The molecule has 16 heavy (non-hydrogen) atoms. The average molecular weight is 228 g/mol. The Morgan fingerprint density at radius 1 is 1.38 bits per heavy atom. The van der Waals surface area contributed by atoms with E-state index in [0.717, 1.165) is 19.3 Å². The van der Waals surface area contributed by atoms with Gasteiger partial charge < -0.3 is 20.9 Å². The molecule has 2 saturated heterocycles. The van der Waals surface area contributed by atoms with Gasteiger partial charge >= 0.3 is 0 Å². The number of nitrogens with two attached hydrogens (primary N) is 1. The molecule has 4 heteroatoms. The molecule has 3 atom stereocenters. The van der Waals surface area contributed by atoms with E-state index < -0.39 is 5.60 Å². The Morgan fingerprint density at radius 2 is 1.94 bits per heavy atom. The monoisotopic (exact) mass is 228 g/mol. The Morgan fingerprint density at radius 3 is 2.38 bits per heavy atom. The zero-order chi connectivity index (χ0) is 11.8. The molecule has 0 spiro atoms. The van der Waals surface area contributed by atoms with Crippen molar-refractivity contribution in [2.24, 2.45) is 11.7 Å². The van der Waals surface area contributed by atoms with Crippen LogP contribution in [0, 0.1) is 5.92 Å². The smallest absolute Gasteiger partial charge is 0.104 e. The van der Waals surface area contributed by atoms with Crippen molar-refractivity contribution in [3.63, 3.8) is 0 Å². The lowest BCUT2D eigenvalue weighted by Crippen LogP contribution is -2.68. The van der Waals surface area contributed by atoms with Gasteiger partial charge in [-0.3, -0.25) is 0 Å². The standard InChI is InChI=1S/C12H24N2O2/c1-8-3-10(4-9(2)16-8)5-11(13)12(15)6-14-7-12/h8-11,14-15H,3-7,13H2,1-2H3. The molecule has 2 fully saturated rings. The molecule has 2 rings (SSSR count). The maximum Gasteiger partial charge on any atom is 0.104 e. The molecule has 2 aliphatic heterocycles. The fraction of sp³-hybridized carbons (Fsp3) is 1.00. The number of hydrogen-bond donors (Lipinski definition) is 3. The van der Waals surface area contributed by atoms with Crippen LogP contribution in [0.15, 0.2) is 0 Å². The zero-order valence-corrected chi connectivity index (χ0v) is 10.3. The quantitative estimate of drug-likeness (QED) is 0.647. The van der Waals surface area contributed by atoms with Gasteiger partial charge in [0.05, 0.1) is 12.2 Å². The Kier molecular flexibility index (Phi) is 3.54. The van der Waals surface area contributed by atoms with E-state index in [1.165, 1.54) is 0 Å². The summed E-state index contributed by atoms with van der Waals surface area (Å²) in [5.41, 5.74) is 5.44. The zero-order valence-electron chi connectivity index (χ0n) is 10.3. The molecular formula is C12H24N2O2. The molecule has 0 saturated carbocycles. The number of ether oxygens (including phenoxy) is 1. The third kappa shape index (κ3) is 2.56. The fourth-order valence-electron chi connectivity index (χ4n) is 2.96. The van der Waals surface area contributed by atoms with Crippen molar-refractivity contribution < 1.29 is 9.84 Å². The highest BCUT2D eigenvalue weighted by Crippen LogP contribution is 2.30. The largest absolute Gasteiger partial charge is 0.386 e. The van der Waals surface area contributed by atoms with Gasteiger partial charge in [-0.25, -0.2) is 0 Å². The molecule has 0 aliphatic carbocycles. The van der Waals surface area contributed by atoms with Crippen molar-refractivity contribution in [1.82, 2.24) is 5.32 Å². The van der Waals surface area contributed by atoms with Crippen LogP contribution in [-0.2, 0) is 4.74 Å². The van der Waals surface area contributed by atoms with E-state index in [0.29, 0.717) is 31.2 Å². The van der Waals surface area contributed by atoms with E-state index in [-0.39, 0.29) is 6.04 Å². The minimum Gasteiger partial charge on any atom is -0.386 e. The number of β-amino-alcohol motifs (C(OH)–C–C–N with tert-alkyl or cyclic N) is 1. The van der Waals surface area contributed by atoms with Crippen LogP contribution in [0.5, 0.6) is 0 Å². The molecule has 2 heterocycles. The molecule has 0 radical (unpaired) electrons. The molecule has 0 aromatic heterocycles. The van der Waals surface area contributed by atoms with Gasteiger partial charge in [-0.2, -0.15) is 0 Å². The molecule has 0 aromatic carbocycles. The number of rotatable bonds is 3. The maximum atomic E-state index is 10.1. The van der Waals surface area contributed by atoms with Gasteiger partial charge in [-0.1, -0.05) is 0 Å². The highest BCUT2D eigenvalue weighted by molar-refractivity contribution is 5.01. The minimum atomic E-state index is -0.662. The SMILES string of the molecule is CC1CC(CC(N)C2(O)CNC2)CC(C)O1. The lowest BCUT2D eigenvalue weighted by Gasteiger charge is -2.44. The van der Waals surface area contributed by atoms with E-state index in [4.69, 9.17) is 10.5 Å². The Bertz CT molecular complexity index is 233. The lowest BCUT2D eigenvalue weighted by atomic mass is 9.79. The second kappa shape index (κ2) is 4.61. The molecule has 94 valence electrons. The third-order valence-electron chi connectivity index (χ3n) is 3.93. The summed E-state index contributed by atoms with van der Waals surface area (Å²) >= 11 is 0. The second-order valence-corrected chi connectivity index (χ2v) is 5.64. The van der Waals surface area contributed by atoms with Crippen LogP contribution < -0.4 is 11.1 Å². The predicted molar refractivity (Wildman–Crippen MR) is 63.1 cm³/mol. The van der Waals surface area contributed by atoms with Crippen LogP contribution >= 0.6 is 0 Å². The van der Waals surface area contributed by atoms with Crippen molar-refractivity contribution in [3.8, 4) is 0 Å². The van der Waals surface area contributed by atoms with Crippen molar-refractivity contribution in [3.05, 3.63) is 0 Å². The highest BCUT2D eigenvalue weighted by atomic mass is 16.5. The first kappa shape index (κ1) is 12.3. The Balaban J connectivity index is 1.84. The summed E-state index contributed by atoms with van der Waals surface area (Å²) < 4.78 is 5.71. The van der Waals surface area contributed by atoms with E-state index in [2.05, 4.69) is 19.2 Å². The lowest BCUT2D eigenvalue weighted by molar-refractivity contribution is -0.0712. The molecule has 0 amide bonds. The van der Waals surface area contributed by atoms with Crippen LogP contribution in [0.2, 0.25) is 0 Å². The van der Waals surface area contributed by atoms with E-state index in [1.807, 2.05) is 0 Å². The van der Waals surface area contributed by atoms with E-state index in [9.17, 15) is 5.11 Å². The van der Waals surface area contributed by atoms with Crippen molar-refractivity contribution in [2.45, 2.75) is 57.0 Å². The molecule has 0 aromatic rings. The first-order valence-corrected chi connectivity index (χ1v) is 6.34. The summed E-state index contributed by atoms with van der Waals surface area (Å²) in [6.45, 7) is 5.52. The predicted octanol–water partition coefficient (Wildman–Crippen LogP) is 0.242. The first-order chi connectivity index (χ1) is 7.49. The summed E-state index contributed by atoms with van der Waals surface area (Å²) in [7, 11) is 0. The molecule has 4 nitrogen and oxygen atoms in total. The van der Waals surface area contributed by atoms with Crippen LogP contribution in [-0.4, -0.2) is 42.0 Å². The van der Waals surface area contributed by atoms with Gasteiger partial charge in [0.15, 0.2) is 0 Å². The summed E-state index contributed by atoms with van der Waals surface area (Å²) in [4.78, 5) is 0. The van der Waals surface area contributed by atoms with Gasteiger partial charge in [0, 0.05) is 19.1 Å². The van der Waals surface area contributed by atoms with E-state index >= 15 is 0 Å². The second-order valence-electron chi connectivity index (χ2n) is 5.64. The van der Waals surface area contributed by atoms with Crippen LogP contribution in [0.3, 0.4) is 0 Å². The molecular weight excluding hydrogens is 204 g/mol. The normalized spacial score (nSPS) is 40.1. The average Bonchev–Trinajstić information content (AvgIpc) is 2.12. The number of nitrogens with one attached hydrogen (secondary N) is 1. The molecule has 2 aliphatic rings. The van der Waals surface area contributed by atoms with Gasteiger partial charge in [0.25, 0.3) is 0 Å². The molecule has 3 unspecified atom stereocenters. The maximum absolute atomic E-state index is 10.1. The highest BCUT2D eigenvalue weighted by Gasteiger charge is 2.41. The fourth-order valence-corrected chi connectivity index (χ4v) is 2.96. The number of hydrogen-bond acceptors (Lipinski definition) is 4. The van der Waals surface area contributed by atoms with Crippen LogP contribution in [0.4, 0.5) is 0 Å². The van der Waals surface area contributed by atoms with Gasteiger partial charge in [-0.15, -0.1) is 0 Å². The topological polar surface area (TPSA) is 67.5 Å². The summed E-state index contributed by atoms with van der Waals surface area (Å²) in [5, 5.41) is 13.2. The Hall–Kier alpha value is -0.160. The molecule has 0 bridgehead atoms. The summed E-state index contributed by atoms with van der Waals surface area (Å²) in [5.74, 6) is 0.596. The number of aliphatic hydroxyl groups is 1. The minimum absolute atomic E-state index is 0.101. The van der Waals surface area contributed by atoms with Crippen molar-refractivity contribution in [2.75, 3.05) is 13.1 Å². The summed E-state index contributed by atoms with van der Waals surface area (Å²) in [6.07, 6.45) is 3.71. The van der Waals surface area contributed by atoms with Crippen molar-refractivity contribution >= 4 is 0 Å². The Labute approximate surface area is 97.5 Å². The first-order valence-electron chi connectivity index (χ1n) is 6.34. The molecule has 4 N–H and O–H groups in total. The van der Waals surface area contributed by atoms with Gasteiger partial charge in [0.1, 0.15) is 5.60 Å². The van der Waals surface area contributed by atoms with Gasteiger partial charge in [0.2, 0.25) is 0 Å².